The Balaban J connectivity index is 2.54. The SMILES string of the molecule is Cc1nn(-c2ccc(N)nc2)c(C)c1Cl. The number of nitrogen functional groups attached to an aromatic ring is 1. The molecule has 0 fully saturated rings. The summed E-state index contributed by atoms with van der Waals surface area (Å²) in [6, 6.07) is 3.60. The van der Waals surface area contributed by atoms with Crippen molar-refractivity contribution in [3.8, 4) is 5.69 Å². The topological polar surface area (TPSA) is 56.7 Å². The lowest BCUT2D eigenvalue weighted by Crippen LogP contribution is -2.00. The molecule has 0 saturated carbocycles. The molecule has 2 N–H and O–H groups in total. The molecule has 0 bridgehead atoms. The van der Waals surface area contributed by atoms with E-state index in [0.717, 1.165) is 17.1 Å². The van der Waals surface area contributed by atoms with Gasteiger partial charge in [0, 0.05) is 0 Å². The maximum atomic E-state index is 6.05. The number of nitrogens with two attached hydrogens (primary N) is 1. The Morgan fingerprint density at radius 1 is 1.33 bits per heavy atom. The fourth-order valence-corrected chi connectivity index (χ4v) is 1.52. The van der Waals surface area contributed by atoms with Crippen LogP contribution in [0.3, 0.4) is 0 Å². The zero-order valence-electron chi connectivity index (χ0n) is 8.53. The van der Waals surface area contributed by atoms with E-state index in [-0.39, 0.29) is 0 Å². The van der Waals surface area contributed by atoms with Crippen molar-refractivity contribution in [1.82, 2.24) is 14.8 Å². The summed E-state index contributed by atoms with van der Waals surface area (Å²) in [5, 5.41) is 5.00. The van der Waals surface area contributed by atoms with E-state index in [4.69, 9.17) is 17.3 Å². The second kappa shape index (κ2) is 3.55. The summed E-state index contributed by atoms with van der Waals surface area (Å²) < 4.78 is 1.75. The minimum absolute atomic E-state index is 0.492. The van der Waals surface area contributed by atoms with Crippen LogP contribution in [-0.2, 0) is 0 Å². The molecule has 15 heavy (non-hydrogen) atoms. The van der Waals surface area contributed by atoms with E-state index < -0.39 is 0 Å². The van der Waals surface area contributed by atoms with Gasteiger partial charge in [-0.2, -0.15) is 5.10 Å². The molecule has 0 atom stereocenters. The van der Waals surface area contributed by atoms with Crippen molar-refractivity contribution >= 4 is 17.4 Å². The Labute approximate surface area is 92.7 Å². The molecule has 0 saturated heterocycles. The molecule has 2 heterocycles. The van der Waals surface area contributed by atoms with E-state index >= 15 is 0 Å². The summed E-state index contributed by atoms with van der Waals surface area (Å²) in [5.74, 6) is 0.492. The number of halogens is 1. The van der Waals surface area contributed by atoms with Crippen molar-refractivity contribution in [3.63, 3.8) is 0 Å². The molecular weight excluding hydrogens is 212 g/mol. The van der Waals surface area contributed by atoms with Gasteiger partial charge in [0.25, 0.3) is 0 Å². The molecular formula is C10H11ClN4. The van der Waals surface area contributed by atoms with Gasteiger partial charge in [0.15, 0.2) is 0 Å². The van der Waals surface area contributed by atoms with Crippen LogP contribution in [0.4, 0.5) is 5.82 Å². The quantitative estimate of drug-likeness (QED) is 0.804. The first-order valence-electron chi connectivity index (χ1n) is 4.53. The molecule has 4 nitrogen and oxygen atoms in total. The number of nitrogens with zero attached hydrogens (tertiary/aromatic N) is 3. The third-order valence-corrected chi connectivity index (χ3v) is 2.77. The molecule has 5 heteroatoms. The predicted molar refractivity (Wildman–Crippen MR) is 60.3 cm³/mol. The summed E-state index contributed by atoms with van der Waals surface area (Å²) >= 11 is 6.05. The van der Waals surface area contributed by atoms with E-state index in [9.17, 15) is 0 Å². The van der Waals surface area contributed by atoms with Crippen molar-refractivity contribution in [1.29, 1.82) is 0 Å². The summed E-state index contributed by atoms with van der Waals surface area (Å²) in [4.78, 5) is 4.01. The highest BCUT2D eigenvalue weighted by molar-refractivity contribution is 6.31. The van der Waals surface area contributed by atoms with Crippen LogP contribution >= 0.6 is 11.6 Å². The van der Waals surface area contributed by atoms with Crippen LogP contribution < -0.4 is 5.73 Å². The molecule has 0 unspecified atom stereocenters. The normalized spacial score (nSPS) is 10.6. The molecule has 0 amide bonds. The van der Waals surface area contributed by atoms with Gasteiger partial charge < -0.3 is 5.73 Å². The van der Waals surface area contributed by atoms with Gasteiger partial charge in [0.1, 0.15) is 5.82 Å². The van der Waals surface area contributed by atoms with Crippen molar-refractivity contribution in [2.75, 3.05) is 5.73 Å². The third kappa shape index (κ3) is 1.68. The average Bonchev–Trinajstić information content (AvgIpc) is 2.47. The highest BCUT2D eigenvalue weighted by Gasteiger charge is 2.10. The smallest absolute Gasteiger partial charge is 0.123 e. The predicted octanol–water partition coefficient (Wildman–Crippen LogP) is 2.12. The Morgan fingerprint density at radius 3 is 2.53 bits per heavy atom. The maximum Gasteiger partial charge on any atom is 0.123 e. The van der Waals surface area contributed by atoms with Gasteiger partial charge in [-0.1, -0.05) is 11.6 Å². The van der Waals surface area contributed by atoms with E-state index in [1.807, 2.05) is 19.9 Å². The van der Waals surface area contributed by atoms with Crippen molar-refractivity contribution in [3.05, 3.63) is 34.7 Å². The molecule has 0 aliphatic rings. The van der Waals surface area contributed by atoms with E-state index in [1.54, 1.807) is 16.9 Å². The minimum Gasteiger partial charge on any atom is -0.384 e. The zero-order chi connectivity index (χ0) is 11.0. The Bertz CT molecular complexity index is 487. The molecule has 2 aromatic rings. The Kier molecular flexibility index (Phi) is 2.36. The third-order valence-electron chi connectivity index (χ3n) is 2.22. The Morgan fingerprint density at radius 2 is 2.07 bits per heavy atom. The first kappa shape index (κ1) is 9.98. The number of hydrogen-bond acceptors (Lipinski definition) is 3. The molecule has 2 aromatic heterocycles. The summed E-state index contributed by atoms with van der Waals surface area (Å²) in [6.45, 7) is 3.79. The van der Waals surface area contributed by atoms with E-state index in [0.29, 0.717) is 10.8 Å². The summed E-state index contributed by atoms with van der Waals surface area (Å²) in [6.07, 6.45) is 1.67. The Hall–Kier alpha value is -1.55. The fourth-order valence-electron chi connectivity index (χ4n) is 1.40. The molecule has 2 rings (SSSR count). The first-order valence-corrected chi connectivity index (χ1v) is 4.91. The molecule has 78 valence electrons. The lowest BCUT2D eigenvalue weighted by molar-refractivity contribution is 0.829. The number of aromatic nitrogens is 3. The van der Waals surface area contributed by atoms with Crippen LogP contribution in [0.15, 0.2) is 18.3 Å². The van der Waals surface area contributed by atoms with Crippen LogP contribution in [0.25, 0.3) is 5.69 Å². The van der Waals surface area contributed by atoms with Crippen LogP contribution in [-0.4, -0.2) is 14.8 Å². The van der Waals surface area contributed by atoms with Gasteiger partial charge in [0.05, 0.1) is 28.3 Å². The molecule has 0 aliphatic heterocycles. The van der Waals surface area contributed by atoms with E-state index in [2.05, 4.69) is 10.1 Å². The van der Waals surface area contributed by atoms with Crippen LogP contribution in [0.5, 0.6) is 0 Å². The van der Waals surface area contributed by atoms with Gasteiger partial charge in [-0.05, 0) is 26.0 Å². The summed E-state index contributed by atoms with van der Waals surface area (Å²) in [7, 11) is 0. The van der Waals surface area contributed by atoms with Gasteiger partial charge in [-0.3, -0.25) is 0 Å². The number of rotatable bonds is 1. The highest BCUT2D eigenvalue weighted by Crippen LogP contribution is 2.21. The number of aryl methyl sites for hydroxylation is 1. The van der Waals surface area contributed by atoms with Gasteiger partial charge >= 0.3 is 0 Å². The first-order chi connectivity index (χ1) is 7.09. The lowest BCUT2D eigenvalue weighted by Gasteiger charge is -2.03. The van der Waals surface area contributed by atoms with Crippen molar-refractivity contribution < 1.29 is 0 Å². The summed E-state index contributed by atoms with van der Waals surface area (Å²) in [5.41, 5.74) is 8.08. The molecule has 0 radical (unpaired) electrons. The zero-order valence-corrected chi connectivity index (χ0v) is 9.28. The van der Waals surface area contributed by atoms with Crippen molar-refractivity contribution in [2.24, 2.45) is 0 Å². The molecule has 0 aromatic carbocycles. The number of pyridine rings is 1. The largest absolute Gasteiger partial charge is 0.384 e. The fraction of sp³-hybridized carbons (Fsp3) is 0.200. The van der Waals surface area contributed by atoms with Gasteiger partial charge in [0.2, 0.25) is 0 Å². The van der Waals surface area contributed by atoms with Crippen LogP contribution in [0, 0.1) is 13.8 Å². The maximum absolute atomic E-state index is 6.05. The highest BCUT2D eigenvalue weighted by atomic mass is 35.5. The molecule has 0 aliphatic carbocycles. The second-order valence-corrected chi connectivity index (χ2v) is 3.72. The van der Waals surface area contributed by atoms with E-state index in [1.165, 1.54) is 0 Å². The lowest BCUT2D eigenvalue weighted by atomic mass is 10.3. The minimum atomic E-state index is 0.492. The number of anilines is 1. The van der Waals surface area contributed by atoms with Gasteiger partial charge in [-0.25, -0.2) is 9.67 Å². The van der Waals surface area contributed by atoms with Crippen LogP contribution in [0.2, 0.25) is 5.02 Å². The standard InChI is InChI=1S/C10H11ClN4/c1-6-10(11)7(2)15(14-6)8-3-4-9(12)13-5-8/h3-5H,1-2H3,(H2,12,13). The second-order valence-electron chi connectivity index (χ2n) is 3.34. The van der Waals surface area contributed by atoms with Crippen LogP contribution in [0.1, 0.15) is 11.4 Å². The monoisotopic (exact) mass is 222 g/mol. The van der Waals surface area contributed by atoms with Crippen molar-refractivity contribution in [2.45, 2.75) is 13.8 Å². The average molecular weight is 223 g/mol. The molecule has 0 spiro atoms. The number of hydrogen-bond donors (Lipinski definition) is 1. The van der Waals surface area contributed by atoms with Gasteiger partial charge in [-0.15, -0.1) is 0 Å².